The van der Waals surface area contributed by atoms with Crippen LogP contribution in [0.5, 0.6) is 0 Å². The Hall–Kier alpha value is -3.76. The number of hydrogen-bond acceptors (Lipinski definition) is 10. The monoisotopic (exact) mass is 604 g/mol. The van der Waals surface area contributed by atoms with Crippen LogP contribution in [-0.2, 0) is 15.7 Å². The molecular weight excluding hydrogens is 573 g/mol. The van der Waals surface area contributed by atoms with Gasteiger partial charge in [-0.15, -0.1) is 0 Å². The molecule has 0 spiro atoms. The molecule has 42 heavy (non-hydrogen) atoms. The molecule has 3 aromatic rings. The molecule has 6 rings (SSSR count). The van der Waals surface area contributed by atoms with E-state index in [0.29, 0.717) is 52.3 Å². The van der Waals surface area contributed by atoms with Crippen molar-refractivity contribution in [3.63, 3.8) is 0 Å². The Bertz CT molecular complexity index is 1610. The Labute approximate surface area is 240 Å². The maximum Gasteiger partial charge on any atom is 0.333 e. The number of nitrogens with two attached hydrogens (primary N) is 1. The summed E-state index contributed by atoms with van der Waals surface area (Å²) in [6.45, 7) is -1.35. The topological polar surface area (TPSA) is 149 Å². The molecule has 2 aliphatic heterocycles. The van der Waals surface area contributed by atoms with Crippen LogP contribution >= 0.6 is 0 Å². The minimum Gasteiger partial charge on any atom is -0.382 e. The maximum absolute atomic E-state index is 13.3. The van der Waals surface area contributed by atoms with Crippen molar-refractivity contribution in [1.29, 1.82) is 0 Å². The first-order chi connectivity index (χ1) is 20.2. The van der Waals surface area contributed by atoms with E-state index in [0.717, 1.165) is 30.0 Å². The summed E-state index contributed by atoms with van der Waals surface area (Å²) in [6.07, 6.45) is 11.6. The summed E-state index contributed by atoms with van der Waals surface area (Å²) >= 11 is 0. The lowest BCUT2D eigenvalue weighted by Gasteiger charge is -2.36. The predicted octanol–water partition coefficient (Wildman–Crippen LogP) is 1.94. The van der Waals surface area contributed by atoms with Gasteiger partial charge in [0.15, 0.2) is 11.5 Å². The third kappa shape index (κ3) is 5.65. The summed E-state index contributed by atoms with van der Waals surface area (Å²) in [7, 11) is -3.55. The van der Waals surface area contributed by atoms with Crippen LogP contribution in [-0.4, -0.2) is 79.9 Å². The van der Waals surface area contributed by atoms with Crippen LogP contribution in [0, 0.1) is 0 Å². The van der Waals surface area contributed by atoms with Crippen molar-refractivity contribution in [3.05, 3.63) is 66.3 Å². The molecule has 224 valence electrons. The Morgan fingerprint density at radius 3 is 2.67 bits per heavy atom. The third-order valence-electron chi connectivity index (χ3n) is 7.65. The molecule has 1 atom stereocenters. The highest BCUT2D eigenvalue weighted by Crippen LogP contribution is 2.32. The van der Waals surface area contributed by atoms with Gasteiger partial charge in [0, 0.05) is 55.5 Å². The number of alkyl halides is 3. The van der Waals surface area contributed by atoms with Crippen LogP contribution in [0.25, 0.3) is 17.0 Å². The average Bonchev–Trinajstić information content (AvgIpc) is 3.52. The molecule has 3 aliphatic rings. The second kappa shape index (κ2) is 11.1. The minimum absolute atomic E-state index is 0.0373. The molecule has 0 amide bonds. The van der Waals surface area contributed by atoms with Crippen LogP contribution in [0.1, 0.15) is 43.6 Å². The van der Waals surface area contributed by atoms with Crippen molar-refractivity contribution in [2.24, 2.45) is 5.73 Å². The normalized spacial score (nSPS) is 22.1. The van der Waals surface area contributed by atoms with Gasteiger partial charge in [-0.25, -0.2) is 27.5 Å². The Kier molecular flexibility index (Phi) is 7.53. The second-order valence-corrected chi connectivity index (χ2v) is 12.7. The predicted molar refractivity (Wildman–Crippen MR) is 148 cm³/mol. The summed E-state index contributed by atoms with van der Waals surface area (Å²) in [6, 6.07) is 3.17. The van der Waals surface area contributed by atoms with Crippen LogP contribution in [0.4, 0.5) is 13.2 Å². The summed E-state index contributed by atoms with van der Waals surface area (Å²) in [4.78, 5) is 11.0. The minimum atomic E-state index is -3.55. The summed E-state index contributed by atoms with van der Waals surface area (Å²) in [5, 5.41) is 14.3. The Morgan fingerprint density at radius 2 is 1.98 bits per heavy atom. The summed E-state index contributed by atoms with van der Waals surface area (Å²) in [5.74, 6) is 0.241. The number of allylic oxidation sites excluding steroid dienone is 1. The maximum atomic E-state index is 13.3. The van der Waals surface area contributed by atoms with Crippen LogP contribution < -0.4 is 16.4 Å². The zero-order valence-corrected chi connectivity index (χ0v) is 23.4. The number of hydrogen-bond donors (Lipinski definition) is 3. The number of nitrogens with zero attached hydrogens (tertiary/aromatic N) is 7. The van der Waals surface area contributed by atoms with E-state index >= 15 is 0 Å². The number of aromatic nitrogens is 6. The second-order valence-electron chi connectivity index (χ2n) is 10.6. The molecule has 2 fully saturated rings. The van der Waals surface area contributed by atoms with Gasteiger partial charge in [0.25, 0.3) is 10.0 Å². The van der Waals surface area contributed by atoms with Crippen molar-refractivity contribution in [3.8, 4) is 11.4 Å². The van der Waals surface area contributed by atoms with E-state index < -0.39 is 34.2 Å². The highest BCUT2D eigenvalue weighted by molar-refractivity contribution is 7.90. The molecule has 0 radical (unpaired) electrons. The van der Waals surface area contributed by atoms with Gasteiger partial charge in [0.05, 0.1) is 34.6 Å². The number of likely N-dealkylation sites (tertiary alicyclic amines) is 1. The van der Waals surface area contributed by atoms with Gasteiger partial charge in [0.2, 0.25) is 0 Å². The molecule has 3 aromatic heterocycles. The van der Waals surface area contributed by atoms with E-state index in [9.17, 15) is 21.6 Å². The molecule has 12 nitrogen and oxygen atoms in total. The molecule has 4 N–H and O–H groups in total. The third-order valence-corrected chi connectivity index (χ3v) is 9.69. The number of piperidine rings is 1. The average molecular weight is 605 g/mol. The largest absolute Gasteiger partial charge is 0.382 e. The lowest BCUT2D eigenvalue weighted by Crippen LogP contribution is -2.51. The molecule has 1 unspecified atom stereocenters. The van der Waals surface area contributed by atoms with Crippen molar-refractivity contribution >= 4 is 15.6 Å². The molecule has 0 aromatic carbocycles. The molecular formula is C26H31F3N10O2S. The molecule has 0 bridgehead atoms. The van der Waals surface area contributed by atoms with Gasteiger partial charge < -0.3 is 21.3 Å². The molecule has 1 saturated heterocycles. The summed E-state index contributed by atoms with van der Waals surface area (Å²) in [5.41, 5.74) is 7.75. The van der Waals surface area contributed by atoms with Gasteiger partial charge in [-0.1, -0.05) is 0 Å². The van der Waals surface area contributed by atoms with E-state index in [4.69, 9.17) is 5.73 Å². The van der Waals surface area contributed by atoms with Crippen molar-refractivity contribution in [1.82, 2.24) is 44.5 Å². The van der Waals surface area contributed by atoms with E-state index in [1.54, 1.807) is 18.3 Å². The van der Waals surface area contributed by atoms with Gasteiger partial charge in [-0.2, -0.15) is 23.1 Å². The standard InChI is InChI=1S/C26H31F3N10O2S/c27-7-12-37-9-4-18(5-10-37)34-22-13-26(30,32-15-20(22)21-6-11-38(36-21)25(28)29)23-3-8-31-24(35-23)17-14-33-39(16-17)42(40,41)19-1-2-19/h3,6,8,11,13-16,18-19,25,32,34H,1-2,4-5,7,9-10,12,30H2. The van der Waals surface area contributed by atoms with E-state index in [1.165, 1.54) is 30.9 Å². The molecule has 16 heteroatoms. The van der Waals surface area contributed by atoms with Gasteiger partial charge >= 0.3 is 6.55 Å². The van der Waals surface area contributed by atoms with E-state index in [-0.39, 0.29) is 11.9 Å². The Balaban J connectivity index is 1.29. The van der Waals surface area contributed by atoms with Crippen molar-refractivity contribution in [2.75, 3.05) is 26.3 Å². The SMILES string of the molecule is NC1(c2ccnc(-c3cnn(S(=O)(=O)C4CC4)c3)n2)C=C(NC2CCN(CCF)CC2)C(c2ccn(C(F)F)n2)=CN1. The quantitative estimate of drug-likeness (QED) is 0.314. The fourth-order valence-corrected chi connectivity index (χ4v) is 6.61. The first-order valence-electron chi connectivity index (χ1n) is 13.7. The number of dihydropyridines is 1. The van der Waals surface area contributed by atoms with Crippen molar-refractivity contribution in [2.45, 2.75) is 49.2 Å². The number of rotatable bonds is 10. The zero-order chi connectivity index (χ0) is 29.5. The first-order valence-corrected chi connectivity index (χ1v) is 15.2. The smallest absolute Gasteiger partial charge is 0.333 e. The highest BCUT2D eigenvalue weighted by atomic mass is 32.2. The first kappa shape index (κ1) is 28.4. The van der Waals surface area contributed by atoms with Gasteiger partial charge in [-0.05, 0) is 43.9 Å². The molecule has 1 aliphatic carbocycles. The Morgan fingerprint density at radius 1 is 1.19 bits per heavy atom. The lowest BCUT2D eigenvalue weighted by atomic mass is 9.95. The number of nitrogens with one attached hydrogen (secondary N) is 2. The van der Waals surface area contributed by atoms with Crippen LogP contribution in [0.3, 0.4) is 0 Å². The molecule has 1 saturated carbocycles. The van der Waals surface area contributed by atoms with E-state index in [1.807, 2.05) is 0 Å². The fourth-order valence-electron chi connectivity index (χ4n) is 5.13. The van der Waals surface area contributed by atoms with Gasteiger partial charge in [-0.3, -0.25) is 0 Å². The zero-order valence-electron chi connectivity index (χ0n) is 22.6. The van der Waals surface area contributed by atoms with E-state index in [2.05, 4.69) is 35.7 Å². The van der Waals surface area contributed by atoms with Gasteiger partial charge in [0.1, 0.15) is 6.67 Å². The fraction of sp³-hybridized carbons (Fsp3) is 0.462. The van der Waals surface area contributed by atoms with Crippen molar-refractivity contribution < 1.29 is 21.6 Å². The van der Waals surface area contributed by atoms with Crippen LogP contribution in [0.15, 0.2) is 54.9 Å². The highest BCUT2D eigenvalue weighted by Gasteiger charge is 2.38. The molecule has 5 heterocycles. The number of halogens is 3. The summed E-state index contributed by atoms with van der Waals surface area (Å²) < 4.78 is 66.1. The van der Waals surface area contributed by atoms with Crippen LogP contribution in [0.2, 0.25) is 0 Å². The lowest BCUT2D eigenvalue weighted by molar-refractivity contribution is 0.0565.